The van der Waals surface area contributed by atoms with Crippen LogP contribution in [0.15, 0.2) is 18.2 Å². The maximum Gasteiger partial charge on any atom is 0.508 e. The third-order valence-electron chi connectivity index (χ3n) is 5.79. The van der Waals surface area contributed by atoms with E-state index in [1.54, 1.807) is 26.8 Å². The molecule has 0 spiro atoms. The number of rotatable bonds is 17. The third kappa shape index (κ3) is 11.9. The Bertz CT molecular complexity index is 918. The molecule has 3 unspecified atom stereocenters. The lowest BCUT2D eigenvalue weighted by Crippen LogP contribution is -2.42. The Morgan fingerprint density at radius 3 is 1.97 bits per heavy atom. The van der Waals surface area contributed by atoms with Gasteiger partial charge in [0.05, 0.1) is 18.4 Å². The van der Waals surface area contributed by atoms with Crippen molar-refractivity contribution in [3.63, 3.8) is 0 Å². The number of hydrogen-bond acceptors (Lipinski definition) is 9. The topological polar surface area (TPSA) is 137 Å². The largest absolute Gasteiger partial charge is 0.508 e. The molecule has 0 aliphatic carbocycles. The van der Waals surface area contributed by atoms with Gasteiger partial charge in [0, 0.05) is 6.54 Å². The van der Waals surface area contributed by atoms with E-state index in [0.717, 1.165) is 12.8 Å². The minimum atomic E-state index is -1.11. The van der Waals surface area contributed by atoms with E-state index in [0.29, 0.717) is 24.8 Å². The van der Waals surface area contributed by atoms with Gasteiger partial charge in [-0.3, -0.25) is 14.4 Å². The van der Waals surface area contributed by atoms with E-state index in [1.165, 1.54) is 12.1 Å². The molecule has 0 saturated heterocycles. The van der Waals surface area contributed by atoms with Crippen LogP contribution in [-0.4, -0.2) is 54.5 Å². The zero-order chi connectivity index (χ0) is 28.7. The van der Waals surface area contributed by atoms with Gasteiger partial charge in [-0.25, -0.2) is 4.79 Å². The zero-order valence-electron chi connectivity index (χ0n) is 23.4. The zero-order valence-corrected chi connectivity index (χ0v) is 23.4. The summed E-state index contributed by atoms with van der Waals surface area (Å²) in [7, 11) is 0. The second-order valence-electron chi connectivity index (χ2n) is 9.53. The number of ether oxygens (including phenoxy) is 4. The summed E-state index contributed by atoms with van der Waals surface area (Å²) in [4.78, 5) is 48.7. The molecule has 0 fully saturated rings. The molecule has 214 valence electrons. The van der Waals surface area contributed by atoms with Gasteiger partial charge in [0.25, 0.3) is 0 Å². The van der Waals surface area contributed by atoms with Crippen LogP contribution >= 0.6 is 0 Å². The lowest BCUT2D eigenvalue weighted by molar-refractivity contribution is -0.141. The van der Waals surface area contributed by atoms with Gasteiger partial charge in [-0.2, -0.15) is 0 Å². The fourth-order valence-electron chi connectivity index (χ4n) is 3.58. The molecule has 38 heavy (non-hydrogen) atoms. The maximum absolute atomic E-state index is 12.6. The summed E-state index contributed by atoms with van der Waals surface area (Å²) in [5.41, 5.74) is 0.549. The number of carbonyl (C=O) groups excluding carboxylic acids is 3. The van der Waals surface area contributed by atoms with Crippen LogP contribution in [0.5, 0.6) is 11.5 Å². The smallest absolute Gasteiger partial charge is 0.480 e. The molecule has 1 rings (SSSR count). The van der Waals surface area contributed by atoms with E-state index >= 15 is 0 Å². The fourth-order valence-corrected chi connectivity index (χ4v) is 3.58. The highest BCUT2D eigenvalue weighted by atomic mass is 16.7. The molecule has 0 saturated carbocycles. The summed E-state index contributed by atoms with van der Waals surface area (Å²) in [5.74, 6) is -2.52. The molecule has 0 aromatic heterocycles. The normalized spacial score (nSPS) is 14.1. The third-order valence-corrected chi connectivity index (χ3v) is 5.79. The first kappa shape index (κ1) is 32.9. The predicted molar refractivity (Wildman–Crippen MR) is 141 cm³/mol. The van der Waals surface area contributed by atoms with Crippen molar-refractivity contribution in [2.45, 2.75) is 92.2 Å². The molecule has 0 amide bonds. The lowest BCUT2D eigenvalue weighted by atomic mass is 10.0. The van der Waals surface area contributed by atoms with Crippen LogP contribution in [0, 0.1) is 11.8 Å². The van der Waals surface area contributed by atoms with Crippen LogP contribution in [0.2, 0.25) is 0 Å². The highest BCUT2D eigenvalue weighted by Crippen LogP contribution is 2.31. The molecule has 0 heterocycles. The van der Waals surface area contributed by atoms with Gasteiger partial charge in [-0.1, -0.05) is 53.5 Å². The summed E-state index contributed by atoms with van der Waals surface area (Å²) >= 11 is 0. The van der Waals surface area contributed by atoms with E-state index in [2.05, 4.69) is 5.32 Å². The van der Waals surface area contributed by atoms with Crippen molar-refractivity contribution in [3.05, 3.63) is 23.8 Å². The molecular weight excluding hydrogens is 494 g/mol. The Morgan fingerprint density at radius 2 is 1.45 bits per heavy atom. The summed E-state index contributed by atoms with van der Waals surface area (Å²) in [5, 5.41) is 12.6. The molecule has 10 heteroatoms. The minimum Gasteiger partial charge on any atom is -0.480 e. The van der Waals surface area contributed by atoms with Gasteiger partial charge in [0.2, 0.25) is 0 Å². The molecule has 10 nitrogen and oxygen atoms in total. The summed E-state index contributed by atoms with van der Waals surface area (Å²) in [6.45, 7) is 11.3. The number of esters is 2. The van der Waals surface area contributed by atoms with Gasteiger partial charge in [0.1, 0.15) is 12.1 Å². The molecular formula is C28H43NO9. The Hall–Kier alpha value is -3.14. The monoisotopic (exact) mass is 537 g/mol. The van der Waals surface area contributed by atoms with E-state index < -0.39 is 36.2 Å². The molecule has 1 aromatic carbocycles. The van der Waals surface area contributed by atoms with Gasteiger partial charge < -0.3 is 29.4 Å². The average Bonchev–Trinajstić information content (AvgIpc) is 2.86. The van der Waals surface area contributed by atoms with Crippen LogP contribution < -0.4 is 14.8 Å². The maximum atomic E-state index is 12.6. The lowest BCUT2D eigenvalue weighted by Gasteiger charge is -2.19. The summed E-state index contributed by atoms with van der Waals surface area (Å²) in [6, 6.07) is 3.63. The fraction of sp³-hybridized carbons (Fsp3) is 0.643. The number of carboxylic acids is 1. The molecule has 4 atom stereocenters. The van der Waals surface area contributed by atoms with Gasteiger partial charge in [0.15, 0.2) is 11.5 Å². The number of hydrogen-bond donors (Lipinski definition) is 2. The van der Waals surface area contributed by atoms with Crippen LogP contribution in [-0.2, 0) is 30.3 Å². The van der Waals surface area contributed by atoms with Crippen molar-refractivity contribution < 1.29 is 43.2 Å². The van der Waals surface area contributed by atoms with E-state index in [1.807, 2.05) is 20.8 Å². The Morgan fingerprint density at radius 1 is 0.868 bits per heavy atom. The molecule has 2 N–H and O–H groups in total. The van der Waals surface area contributed by atoms with Crippen molar-refractivity contribution in [3.8, 4) is 11.5 Å². The van der Waals surface area contributed by atoms with Gasteiger partial charge in [-0.15, -0.1) is 0 Å². The predicted octanol–water partition coefficient (Wildman–Crippen LogP) is 4.91. The summed E-state index contributed by atoms with van der Waals surface area (Å²) in [6.07, 6.45) is 2.18. The molecule has 0 bridgehead atoms. The van der Waals surface area contributed by atoms with Crippen molar-refractivity contribution in [1.82, 2.24) is 5.32 Å². The SMILES string of the molecule is CCCOC(=O)OC(C)CN[C@@H](Cc1ccc(OC(=O)C(C)CCC)c(OC(=O)C(C)CCC)c1)C(=O)O. The van der Waals surface area contributed by atoms with E-state index in [4.69, 9.17) is 18.9 Å². The van der Waals surface area contributed by atoms with E-state index in [-0.39, 0.29) is 42.9 Å². The Labute approximate surface area is 225 Å². The molecule has 1 aromatic rings. The molecule has 0 radical (unpaired) electrons. The number of benzene rings is 1. The highest BCUT2D eigenvalue weighted by Gasteiger charge is 2.24. The van der Waals surface area contributed by atoms with Crippen LogP contribution in [0.25, 0.3) is 0 Å². The second-order valence-corrected chi connectivity index (χ2v) is 9.53. The van der Waals surface area contributed by atoms with Crippen molar-refractivity contribution in [1.29, 1.82) is 0 Å². The minimum absolute atomic E-state index is 0.0395. The number of carbonyl (C=O) groups is 4. The molecule has 0 aliphatic heterocycles. The van der Waals surface area contributed by atoms with E-state index in [9.17, 15) is 24.3 Å². The Balaban J connectivity index is 3.04. The quantitative estimate of drug-likeness (QED) is 0.208. The first-order chi connectivity index (χ1) is 18.0. The highest BCUT2D eigenvalue weighted by molar-refractivity contribution is 5.78. The average molecular weight is 538 g/mol. The first-order valence-electron chi connectivity index (χ1n) is 13.4. The van der Waals surface area contributed by atoms with Gasteiger partial charge >= 0.3 is 24.1 Å². The number of carboxylic acid groups (broad SMARTS) is 1. The van der Waals surface area contributed by atoms with Crippen molar-refractivity contribution in [2.24, 2.45) is 11.8 Å². The summed E-state index contributed by atoms with van der Waals surface area (Å²) < 4.78 is 21.1. The number of nitrogens with one attached hydrogen (secondary N) is 1. The molecule has 0 aliphatic rings. The van der Waals surface area contributed by atoms with Gasteiger partial charge in [-0.05, 0) is 50.3 Å². The van der Waals surface area contributed by atoms with Crippen LogP contribution in [0.1, 0.15) is 79.2 Å². The van der Waals surface area contributed by atoms with Crippen LogP contribution in [0.4, 0.5) is 4.79 Å². The standard InChI is InChI=1S/C28H43NO9/c1-7-10-18(4)26(32)37-23-13-12-21(16-24(23)38-27(33)19(5)11-8-2)15-22(25(30)31)29-17-20(6)36-28(34)35-14-9-3/h12-13,16,18-20,22,29H,7-11,14-15,17H2,1-6H3,(H,30,31)/t18?,19?,20?,22-/m0/s1. The van der Waals surface area contributed by atoms with Crippen molar-refractivity contribution >= 4 is 24.1 Å². The number of aliphatic carboxylic acids is 1. The first-order valence-corrected chi connectivity index (χ1v) is 13.4. The second kappa shape index (κ2) is 17.4. The Kier molecular flexibility index (Phi) is 15.0. The van der Waals surface area contributed by atoms with Crippen molar-refractivity contribution in [2.75, 3.05) is 13.2 Å². The van der Waals surface area contributed by atoms with Crippen LogP contribution in [0.3, 0.4) is 0 Å².